The van der Waals surface area contributed by atoms with Crippen molar-refractivity contribution in [2.75, 3.05) is 44.2 Å². The van der Waals surface area contributed by atoms with E-state index in [-0.39, 0.29) is 6.03 Å². The Hall–Kier alpha value is -2.02. The summed E-state index contributed by atoms with van der Waals surface area (Å²) in [4.78, 5) is 25.3. The van der Waals surface area contributed by atoms with Crippen LogP contribution in [0.2, 0.25) is 0 Å². The predicted molar refractivity (Wildman–Crippen MR) is 110 cm³/mol. The molecule has 0 saturated carbocycles. The Morgan fingerprint density at radius 2 is 1.97 bits per heavy atom. The number of hydrogen-bond acceptors (Lipinski definition) is 6. The molecular formula is C18H29F3N6O3S. The number of piperidine rings is 1. The molecule has 0 aliphatic carbocycles. The van der Waals surface area contributed by atoms with Crippen molar-refractivity contribution in [2.24, 2.45) is 5.92 Å². The van der Waals surface area contributed by atoms with Gasteiger partial charge in [-0.3, -0.25) is 9.58 Å². The van der Waals surface area contributed by atoms with Gasteiger partial charge >= 0.3 is 18.2 Å². The molecule has 2 saturated heterocycles. The topological polar surface area (TPSA) is 104 Å². The number of nitrogens with zero attached hydrogens (tertiary/aromatic N) is 5. The fraction of sp³-hybridized carbons (Fsp3) is 0.778. The van der Waals surface area contributed by atoms with Crippen LogP contribution in [-0.2, 0) is 17.9 Å². The molecule has 2 N–H and O–H groups in total. The van der Waals surface area contributed by atoms with Crippen molar-refractivity contribution < 1.29 is 27.9 Å². The summed E-state index contributed by atoms with van der Waals surface area (Å²) in [5.41, 5.74) is 1.05. The van der Waals surface area contributed by atoms with E-state index in [0.717, 1.165) is 57.8 Å². The van der Waals surface area contributed by atoms with Gasteiger partial charge in [0.25, 0.3) is 0 Å². The maximum atomic E-state index is 12.0. The van der Waals surface area contributed by atoms with Crippen LogP contribution in [0.4, 0.5) is 18.0 Å². The summed E-state index contributed by atoms with van der Waals surface area (Å²) in [6.45, 7) is 8.33. The number of urea groups is 1. The number of thioether (sulfide) groups is 1. The predicted octanol–water partition coefficient (Wildman–Crippen LogP) is 1.90. The molecule has 1 unspecified atom stereocenters. The maximum absolute atomic E-state index is 12.0. The molecule has 2 fully saturated rings. The first-order valence-corrected chi connectivity index (χ1v) is 11.4. The van der Waals surface area contributed by atoms with Crippen LogP contribution in [0.15, 0.2) is 6.20 Å². The lowest BCUT2D eigenvalue weighted by Gasteiger charge is -2.32. The molecule has 13 heteroatoms. The van der Waals surface area contributed by atoms with Crippen LogP contribution in [0.1, 0.15) is 25.5 Å². The van der Waals surface area contributed by atoms with Gasteiger partial charge in [-0.15, -0.1) is 5.10 Å². The van der Waals surface area contributed by atoms with Crippen molar-refractivity contribution >= 4 is 23.8 Å². The number of rotatable bonds is 5. The molecule has 2 aliphatic rings. The molecule has 0 bridgehead atoms. The van der Waals surface area contributed by atoms with Gasteiger partial charge in [-0.2, -0.15) is 24.9 Å². The van der Waals surface area contributed by atoms with Gasteiger partial charge in [-0.1, -0.05) is 5.21 Å². The largest absolute Gasteiger partial charge is 0.490 e. The fourth-order valence-electron chi connectivity index (χ4n) is 3.41. The Labute approximate surface area is 183 Å². The van der Waals surface area contributed by atoms with Gasteiger partial charge in [0.1, 0.15) is 0 Å². The van der Waals surface area contributed by atoms with E-state index >= 15 is 0 Å². The smallest absolute Gasteiger partial charge is 0.475 e. The minimum Gasteiger partial charge on any atom is -0.475 e. The summed E-state index contributed by atoms with van der Waals surface area (Å²) in [6.07, 6.45) is -0.796. The molecular weight excluding hydrogens is 437 g/mol. The third kappa shape index (κ3) is 8.93. The number of amides is 2. The first-order valence-electron chi connectivity index (χ1n) is 10.2. The maximum Gasteiger partial charge on any atom is 0.490 e. The Bertz CT molecular complexity index is 712. The number of nitrogens with one attached hydrogen (secondary N) is 1. The Balaban J connectivity index is 0.000000423. The van der Waals surface area contributed by atoms with E-state index in [1.807, 2.05) is 28.3 Å². The molecule has 1 aromatic heterocycles. The van der Waals surface area contributed by atoms with E-state index in [2.05, 4.69) is 26.7 Å². The number of carbonyl (C=O) groups is 2. The standard InChI is InChI=1S/C16H28N6OS.C2HF3O2/c1-2-17-16(23)21-5-3-4-14(10-21)11-22-13-15(18-19-22)12-20-6-8-24-9-7-20;3-2(4,5)1(6)7/h13-14H,2-12H2,1H3,(H,17,23);(H,6,7). The monoisotopic (exact) mass is 466 g/mol. The molecule has 0 radical (unpaired) electrons. The SMILES string of the molecule is CCNC(=O)N1CCCC(Cn2cc(CN3CCSCC3)nn2)C1.O=C(O)C(F)(F)F. The number of aliphatic carboxylic acids is 1. The molecule has 0 aromatic carbocycles. The lowest BCUT2D eigenvalue weighted by molar-refractivity contribution is -0.192. The lowest BCUT2D eigenvalue weighted by atomic mass is 9.98. The zero-order valence-electron chi connectivity index (χ0n) is 17.5. The van der Waals surface area contributed by atoms with Crippen molar-refractivity contribution in [1.82, 2.24) is 30.1 Å². The van der Waals surface area contributed by atoms with Gasteiger partial charge in [0.2, 0.25) is 0 Å². The van der Waals surface area contributed by atoms with E-state index in [4.69, 9.17) is 9.90 Å². The fourth-order valence-corrected chi connectivity index (χ4v) is 4.39. The second-order valence-corrected chi connectivity index (χ2v) is 8.64. The van der Waals surface area contributed by atoms with E-state index < -0.39 is 12.1 Å². The highest BCUT2D eigenvalue weighted by atomic mass is 32.2. The quantitative estimate of drug-likeness (QED) is 0.683. The molecule has 0 spiro atoms. The number of carbonyl (C=O) groups excluding carboxylic acids is 1. The summed E-state index contributed by atoms with van der Waals surface area (Å²) >= 11 is 2.02. The van der Waals surface area contributed by atoms with Crippen LogP contribution < -0.4 is 5.32 Å². The van der Waals surface area contributed by atoms with Crippen LogP contribution in [0, 0.1) is 5.92 Å². The first-order chi connectivity index (χ1) is 14.7. The minimum atomic E-state index is -5.08. The summed E-state index contributed by atoms with van der Waals surface area (Å²) in [6, 6.07) is 0.0597. The number of hydrogen-bond donors (Lipinski definition) is 2. The van der Waals surface area contributed by atoms with E-state index in [1.54, 1.807) is 0 Å². The van der Waals surface area contributed by atoms with Crippen molar-refractivity contribution in [3.8, 4) is 0 Å². The molecule has 31 heavy (non-hydrogen) atoms. The lowest BCUT2D eigenvalue weighted by Crippen LogP contribution is -2.46. The van der Waals surface area contributed by atoms with Gasteiger partial charge in [-0.05, 0) is 25.7 Å². The summed E-state index contributed by atoms with van der Waals surface area (Å²) in [5.74, 6) is 0.132. The second-order valence-electron chi connectivity index (χ2n) is 7.41. The van der Waals surface area contributed by atoms with E-state index in [0.29, 0.717) is 12.5 Å². The van der Waals surface area contributed by atoms with Crippen molar-refractivity contribution in [3.05, 3.63) is 11.9 Å². The van der Waals surface area contributed by atoms with Gasteiger partial charge in [0.05, 0.1) is 5.69 Å². The Morgan fingerprint density at radius 3 is 2.58 bits per heavy atom. The van der Waals surface area contributed by atoms with Crippen LogP contribution in [-0.4, -0.2) is 92.3 Å². The number of carboxylic acids is 1. The Morgan fingerprint density at radius 1 is 1.29 bits per heavy atom. The summed E-state index contributed by atoms with van der Waals surface area (Å²) in [5, 5.41) is 18.6. The number of alkyl halides is 3. The van der Waals surface area contributed by atoms with Crippen molar-refractivity contribution in [2.45, 2.75) is 39.0 Å². The third-order valence-corrected chi connectivity index (χ3v) is 5.84. The average molecular weight is 467 g/mol. The molecule has 9 nitrogen and oxygen atoms in total. The second kappa shape index (κ2) is 12.1. The molecule has 2 amide bonds. The molecule has 3 rings (SSSR count). The zero-order valence-corrected chi connectivity index (χ0v) is 18.3. The van der Waals surface area contributed by atoms with Crippen LogP contribution >= 0.6 is 11.8 Å². The zero-order chi connectivity index (χ0) is 22.9. The average Bonchev–Trinajstić information content (AvgIpc) is 3.15. The highest BCUT2D eigenvalue weighted by Gasteiger charge is 2.38. The number of likely N-dealkylation sites (tertiary alicyclic amines) is 1. The first kappa shape index (κ1) is 25.2. The van der Waals surface area contributed by atoms with Gasteiger partial charge < -0.3 is 15.3 Å². The number of carboxylic acid groups (broad SMARTS) is 1. The Kier molecular flexibility index (Phi) is 9.88. The van der Waals surface area contributed by atoms with Crippen LogP contribution in [0.25, 0.3) is 0 Å². The number of halogens is 3. The molecule has 1 aromatic rings. The highest BCUT2D eigenvalue weighted by Crippen LogP contribution is 2.18. The van der Waals surface area contributed by atoms with E-state index in [1.165, 1.54) is 11.5 Å². The van der Waals surface area contributed by atoms with Gasteiger partial charge in [0, 0.05) is 63.5 Å². The molecule has 1 atom stereocenters. The molecule has 2 aliphatic heterocycles. The molecule has 176 valence electrons. The van der Waals surface area contributed by atoms with E-state index in [9.17, 15) is 18.0 Å². The minimum absolute atomic E-state index is 0.0597. The normalized spacial score (nSPS) is 20.0. The van der Waals surface area contributed by atoms with Gasteiger partial charge in [-0.25, -0.2) is 9.59 Å². The summed E-state index contributed by atoms with van der Waals surface area (Å²) in [7, 11) is 0. The summed E-state index contributed by atoms with van der Waals surface area (Å²) < 4.78 is 33.7. The third-order valence-electron chi connectivity index (χ3n) is 4.90. The number of aromatic nitrogens is 3. The van der Waals surface area contributed by atoms with Gasteiger partial charge in [0.15, 0.2) is 0 Å². The van der Waals surface area contributed by atoms with Crippen LogP contribution in [0.3, 0.4) is 0 Å². The highest BCUT2D eigenvalue weighted by molar-refractivity contribution is 7.99. The van der Waals surface area contributed by atoms with Crippen LogP contribution in [0.5, 0.6) is 0 Å². The van der Waals surface area contributed by atoms with Crippen molar-refractivity contribution in [3.63, 3.8) is 0 Å². The van der Waals surface area contributed by atoms with Crippen molar-refractivity contribution in [1.29, 1.82) is 0 Å². The molecule has 3 heterocycles.